The van der Waals surface area contributed by atoms with Crippen LogP contribution in [0.2, 0.25) is 0 Å². The molecule has 2 N–H and O–H groups in total. The highest BCUT2D eigenvalue weighted by molar-refractivity contribution is 5.88. The first-order chi connectivity index (χ1) is 12.0. The number of carbonyl (C=O) groups excluding carboxylic acids is 2. The molecule has 1 fully saturated rings. The second-order valence-electron chi connectivity index (χ2n) is 6.49. The number of ether oxygens (including phenoxy) is 1. The fourth-order valence-corrected chi connectivity index (χ4v) is 3.10. The zero-order valence-corrected chi connectivity index (χ0v) is 15.4. The Morgan fingerprint density at radius 2 is 2.24 bits per heavy atom. The lowest BCUT2D eigenvalue weighted by Gasteiger charge is -2.34. The fraction of sp³-hybridized carbons (Fsp3) is 0.579. The van der Waals surface area contributed by atoms with Gasteiger partial charge in [-0.2, -0.15) is 0 Å². The van der Waals surface area contributed by atoms with Gasteiger partial charge in [-0.05, 0) is 30.5 Å². The molecule has 1 atom stereocenters. The first kappa shape index (κ1) is 19.2. The van der Waals surface area contributed by atoms with Gasteiger partial charge in [-0.1, -0.05) is 25.5 Å². The normalized spacial score (nSPS) is 17.9. The lowest BCUT2D eigenvalue weighted by atomic mass is 10.1. The maximum absolute atomic E-state index is 12.3. The molecule has 6 heteroatoms. The molecule has 6 nitrogen and oxygen atoms in total. The molecule has 0 aromatic heterocycles. The van der Waals surface area contributed by atoms with E-state index >= 15 is 0 Å². The van der Waals surface area contributed by atoms with Gasteiger partial charge in [0.25, 0.3) is 0 Å². The van der Waals surface area contributed by atoms with Gasteiger partial charge in [-0.15, -0.1) is 0 Å². The maximum atomic E-state index is 12.3. The van der Waals surface area contributed by atoms with Crippen molar-refractivity contribution in [1.82, 2.24) is 15.5 Å². The minimum absolute atomic E-state index is 0.0635. The van der Waals surface area contributed by atoms with Gasteiger partial charge in [0, 0.05) is 26.2 Å². The summed E-state index contributed by atoms with van der Waals surface area (Å²) in [5.74, 6) is 0.723. The van der Waals surface area contributed by atoms with Gasteiger partial charge >= 0.3 is 0 Å². The largest absolute Gasteiger partial charge is 0.496 e. The maximum Gasteiger partial charge on any atom is 0.237 e. The third-order valence-corrected chi connectivity index (χ3v) is 4.52. The number of nitrogens with zero attached hydrogens (tertiary/aromatic N) is 1. The van der Waals surface area contributed by atoms with Crippen molar-refractivity contribution in [2.24, 2.45) is 0 Å². The van der Waals surface area contributed by atoms with Crippen LogP contribution in [0.1, 0.15) is 37.3 Å². The van der Waals surface area contributed by atoms with Gasteiger partial charge < -0.3 is 15.4 Å². The molecule has 25 heavy (non-hydrogen) atoms. The Kier molecular flexibility index (Phi) is 7.25. The van der Waals surface area contributed by atoms with Crippen LogP contribution in [0.4, 0.5) is 0 Å². The van der Waals surface area contributed by atoms with Crippen LogP contribution in [0.3, 0.4) is 0 Å². The summed E-state index contributed by atoms with van der Waals surface area (Å²) in [6.07, 6.45) is 2.19. The van der Waals surface area contributed by atoms with Gasteiger partial charge in [-0.3, -0.25) is 14.5 Å². The smallest absolute Gasteiger partial charge is 0.237 e. The number of methoxy groups -OCH3 is 1. The summed E-state index contributed by atoms with van der Waals surface area (Å²) in [5, 5.41) is 5.77. The molecule has 1 aliphatic heterocycles. The molecule has 0 bridgehead atoms. The Morgan fingerprint density at radius 3 is 2.92 bits per heavy atom. The SMILES string of the molecule is CCCCNC(=O)CC1C(=O)NCCN1Cc1ccc(OC)c(C)c1. The van der Waals surface area contributed by atoms with Gasteiger partial charge in [-0.25, -0.2) is 0 Å². The van der Waals surface area contributed by atoms with Gasteiger partial charge in [0.15, 0.2) is 0 Å². The quantitative estimate of drug-likeness (QED) is 0.701. The molecule has 0 spiro atoms. The molecule has 1 heterocycles. The van der Waals surface area contributed by atoms with Crippen LogP contribution >= 0.6 is 0 Å². The highest BCUT2D eigenvalue weighted by atomic mass is 16.5. The van der Waals surface area contributed by atoms with Crippen LogP contribution in [-0.2, 0) is 16.1 Å². The number of rotatable bonds is 8. The number of piperazine rings is 1. The summed E-state index contributed by atoms with van der Waals surface area (Å²) >= 11 is 0. The third-order valence-electron chi connectivity index (χ3n) is 4.52. The number of amides is 2. The van der Waals surface area contributed by atoms with Gasteiger partial charge in [0.1, 0.15) is 5.75 Å². The number of aryl methyl sites for hydroxylation is 1. The lowest BCUT2D eigenvalue weighted by Crippen LogP contribution is -2.56. The molecular formula is C19H29N3O3. The molecule has 138 valence electrons. The minimum Gasteiger partial charge on any atom is -0.496 e. The van der Waals surface area contributed by atoms with Crippen LogP contribution < -0.4 is 15.4 Å². The molecule has 1 saturated heterocycles. The van der Waals surface area contributed by atoms with E-state index in [9.17, 15) is 9.59 Å². The predicted octanol–water partition coefficient (Wildman–Crippen LogP) is 1.61. The number of benzene rings is 1. The van der Waals surface area contributed by atoms with E-state index in [0.717, 1.165) is 36.3 Å². The Balaban J connectivity index is 2.02. The Bertz CT molecular complexity index is 604. The van der Waals surface area contributed by atoms with E-state index in [0.29, 0.717) is 19.6 Å². The number of nitrogens with one attached hydrogen (secondary N) is 2. The van der Waals surface area contributed by atoms with Crippen molar-refractivity contribution in [2.45, 2.75) is 45.7 Å². The second kappa shape index (κ2) is 9.42. The van der Waals surface area contributed by atoms with Crippen LogP contribution in [0.15, 0.2) is 18.2 Å². The highest BCUT2D eigenvalue weighted by Crippen LogP contribution is 2.21. The van der Waals surface area contributed by atoms with E-state index in [2.05, 4.69) is 28.5 Å². The van der Waals surface area contributed by atoms with E-state index < -0.39 is 6.04 Å². The van der Waals surface area contributed by atoms with Crippen molar-refractivity contribution in [3.05, 3.63) is 29.3 Å². The van der Waals surface area contributed by atoms with Crippen molar-refractivity contribution in [3.63, 3.8) is 0 Å². The average molecular weight is 347 g/mol. The van der Waals surface area contributed by atoms with Crippen LogP contribution in [0.5, 0.6) is 5.75 Å². The molecule has 1 aromatic carbocycles. The highest BCUT2D eigenvalue weighted by Gasteiger charge is 2.31. The third kappa shape index (κ3) is 5.46. The van der Waals surface area contributed by atoms with E-state index in [1.807, 2.05) is 19.1 Å². The van der Waals surface area contributed by atoms with Gasteiger partial charge in [0.05, 0.1) is 19.6 Å². The molecule has 1 aromatic rings. The summed E-state index contributed by atoms with van der Waals surface area (Å²) in [5.41, 5.74) is 2.18. The van der Waals surface area contributed by atoms with E-state index in [1.54, 1.807) is 7.11 Å². The van der Waals surface area contributed by atoms with Crippen molar-refractivity contribution < 1.29 is 14.3 Å². The van der Waals surface area contributed by atoms with E-state index in [-0.39, 0.29) is 18.2 Å². The summed E-state index contributed by atoms with van der Waals surface area (Å²) in [4.78, 5) is 26.5. The molecule has 2 rings (SSSR count). The van der Waals surface area contributed by atoms with Crippen LogP contribution in [0, 0.1) is 6.92 Å². The molecule has 1 unspecified atom stereocenters. The standard InChI is InChI=1S/C19H29N3O3/c1-4-5-8-20-18(23)12-16-19(24)21-9-10-22(16)13-15-6-7-17(25-3)14(2)11-15/h6-7,11,16H,4-5,8-10,12-13H2,1-3H3,(H,20,23)(H,21,24). The number of hydrogen-bond donors (Lipinski definition) is 2. The molecule has 1 aliphatic rings. The first-order valence-corrected chi connectivity index (χ1v) is 8.97. The van der Waals surface area contributed by atoms with Crippen LogP contribution in [0.25, 0.3) is 0 Å². The average Bonchev–Trinajstić information content (AvgIpc) is 2.58. The lowest BCUT2D eigenvalue weighted by molar-refractivity contribution is -0.134. The summed E-state index contributed by atoms with van der Waals surface area (Å²) < 4.78 is 5.30. The molecule has 0 radical (unpaired) electrons. The predicted molar refractivity (Wildman–Crippen MR) is 97.5 cm³/mol. The molecular weight excluding hydrogens is 318 g/mol. The Hall–Kier alpha value is -2.08. The van der Waals surface area contributed by atoms with Crippen molar-refractivity contribution in [1.29, 1.82) is 0 Å². The van der Waals surface area contributed by atoms with Crippen molar-refractivity contribution in [3.8, 4) is 5.75 Å². The molecule has 2 amide bonds. The number of carbonyl (C=O) groups is 2. The van der Waals surface area contributed by atoms with E-state index in [1.165, 1.54) is 0 Å². The van der Waals surface area contributed by atoms with Gasteiger partial charge in [0.2, 0.25) is 11.8 Å². The second-order valence-corrected chi connectivity index (χ2v) is 6.49. The number of unbranched alkanes of at least 4 members (excludes halogenated alkanes) is 1. The fourth-order valence-electron chi connectivity index (χ4n) is 3.10. The van der Waals surface area contributed by atoms with Crippen molar-refractivity contribution in [2.75, 3.05) is 26.7 Å². The number of hydrogen-bond acceptors (Lipinski definition) is 4. The van der Waals surface area contributed by atoms with Crippen LogP contribution in [-0.4, -0.2) is 49.5 Å². The summed E-state index contributed by atoms with van der Waals surface area (Å²) in [6, 6.07) is 5.61. The Morgan fingerprint density at radius 1 is 1.44 bits per heavy atom. The zero-order chi connectivity index (χ0) is 18.2. The zero-order valence-electron chi connectivity index (χ0n) is 15.4. The summed E-state index contributed by atoms with van der Waals surface area (Å²) in [6.45, 7) is 6.75. The molecule has 0 aliphatic carbocycles. The monoisotopic (exact) mass is 347 g/mol. The van der Waals surface area contributed by atoms with Crippen molar-refractivity contribution >= 4 is 11.8 Å². The topological polar surface area (TPSA) is 70.7 Å². The minimum atomic E-state index is -0.419. The summed E-state index contributed by atoms with van der Waals surface area (Å²) in [7, 11) is 1.66. The van der Waals surface area contributed by atoms with E-state index in [4.69, 9.17) is 4.74 Å². The first-order valence-electron chi connectivity index (χ1n) is 8.97. The molecule has 0 saturated carbocycles. The Labute approximate surface area is 149 Å².